The number of unbranched alkanes of at least 4 members (excludes halogenated alkanes) is 15. The average molecular weight is 739 g/mol. The molecule has 6 nitrogen and oxygen atoms in total. The van der Waals surface area contributed by atoms with E-state index in [2.05, 4.69) is 93.7 Å². The largest absolute Gasteiger partial charge is 0.462 e. The van der Waals surface area contributed by atoms with Crippen LogP contribution in [0.4, 0.5) is 0 Å². The third-order valence-corrected chi connectivity index (χ3v) is 8.69. The predicted octanol–water partition coefficient (Wildman–Crippen LogP) is 13.5. The lowest BCUT2D eigenvalue weighted by molar-refractivity contribution is -0.167. The quantitative estimate of drug-likeness (QED) is 0.0208. The molecule has 0 aliphatic rings. The van der Waals surface area contributed by atoms with E-state index in [4.69, 9.17) is 14.2 Å². The smallest absolute Gasteiger partial charge is 0.306 e. The fraction of sp³-hybridized carbons (Fsp3) is 0.681. The molecule has 53 heavy (non-hydrogen) atoms. The molecule has 0 bridgehead atoms. The maximum Gasteiger partial charge on any atom is 0.306 e. The Balaban J connectivity index is 4.47. The molecule has 302 valence electrons. The molecule has 0 aromatic carbocycles. The van der Waals surface area contributed by atoms with Gasteiger partial charge in [-0.05, 0) is 89.9 Å². The average Bonchev–Trinajstić information content (AvgIpc) is 3.15. The van der Waals surface area contributed by atoms with Gasteiger partial charge in [0, 0.05) is 19.3 Å². The highest BCUT2D eigenvalue weighted by atomic mass is 16.6. The van der Waals surface area contributed by atoms with Gasteiger partial charge in [0.2, 0.25) is 0 Å². The van der Waals surface area contributed by atoms with Gasteiger partial charge in [-0.25, -0.2) is 0 Å². The third-order valence-electron chi connectivity index (χ3n) is 8.69. The number of rotatable bonds is 37. The molecular weight excluding hydrogens is 661 g/mol. The molecule has 0 aliphatic carbocycles. The lowest BCUT2D eigenvalue weighted by Gasteiger charge is -2.18. The van der Waals surface area contributed by atoms with E-state index in [1.54, 1.807) is 0 Å². The summed E-state index contributed by atoms with van der Waals surface area (Å²) in [5.41, 5.74) is 0. The van der Waals surface area contributed by atoms with E-state index in [-0.39, 0.29) is 37.5 Å². The maximum atomic E-state index is 12.7. The molecule has 1 atom stereocenters. The van der Waals surface area contributed by atoms with Crippen LogP contribution >= 0.6 is 0 Å². The fourth-order valence-electron chi connectivity index (χ4n) is 5.41. The minimum Gasteiger partial charge on any atom is -0.462 e. The van der Waals surface area contributed by atoms with Crippen LogP contribution in [0.3, 0.4) is 0 Å². The number of allylic oxidation sites excluding steroid dienone is 12. The van der Waals surface area contributed by atoms with Crippen molar-refractivity contribution in [1.29, 1.82) is 0 Å². The monoisotopic (exact) mass is 739 g/mol. The van der Waals surface area contributed by atoms with Gasteiger partial charge in [-0.2, -0.15) is 0 Å². The summed E-state index contributed by atoms with van der Waals surface area (Å²) in [4.78, 5) is 37.6. The molecule has 0 saturated carbocycles. The van der Waals surface area contributed by atoms with Crippen LogP contribution in [0.15, 0.2) is 72.9 Å². The van der Waals surface area contributed by atoms with Gasteiger partial charge in [-0.15, -0.1) is 0 Å². The van der Waals surface area contributed by atoms with Crippen LogP contribution in [0.2, 0.25) is 0 Å². The molecule has 0 N–H and O–H groups in total. The first-order valence-electron chi connectivity index (χ1n) is 21.5. The summed E-state index contributed by atoms with van der Waals surface area (Å²) in [5, 5.41) is 0. The summed E-state index contributed by atoms with van der Waals surface area (Å²) in [6, 6.07) is 0. The molecule has 0 aliphatic heterocycles. The normalized spacial score (nSPS) is 12.7. The second kappa shape index (κ2) is 41.6. The Bertz CT molecular complexity index is 1030. The van der Waals surface area contributed by atoms with Crippen LogP contribution in [-0.2, 0) is 28.6 Å². The first-order valence-corrected chi connectivity index (χ1v) is 21.5. The van der Waals surface area contributed by atoms with E-state index in [1.807, 2.05) is 0 Å². The lowest BCUT2D eigenvalue weighted by Crippen LogP contribution is -2.30. The Morgan fingerprint density at radius 3 is 1.30 bits per heavy atom. The molecule has 1 unspecified atom stereocenters. The van der Waals surface area contributed by atoms with Gasteiger partial charge < -0.3 is 14.2 Å². The molecule has 0 radical (unpaired) electrons. The number of hydrogen-bond acceptors (Lipinski definition) is 6. The van der Waals surface area contributed by atoms with Gasteiger partial charge in [0.25, 0.3) is 0 Å². The van der Waals surface area contributed by atoms with Crippen molar-refractivity contribution in [3.8, 4) is 0 Å². The zero-order valence-corrected chi connectivity index (χ0v) is 34.3. The highest BCUT2D eigenvalue weighted by Gasteiger charge is 2.19. The van der Waals surface area contributed by atoms with E-state index in [9.17, 15) is 14.4 Å². The van der Waals surface area contributed by atoms with E-state index in [0.29, 0.717) is 12.8 Å². The molecule has 0 saturated heterocycles. The van der Waals surface area contributed by atoms with Crippen LogP contribution < -0.4 is 0 Å². The molecule has 0 spiro atoms. The second-order valence-corrected chi connectivity index (χ2v) is 13.9. The minimum atomic E-state index is -0.799. The van der Waals surface area contributed by atoms with Crippen LogP contribution in [-0.4, -0.2) is 37.2 Å². The van der Waals surface area contributed by atoms with Gasteiger partial charge >= 0.3 is 17.9 Å². The van der Waals surface area contributed by atoms with Crippen molar-refractivity contribution < 1.29 is 28.6 Å². The fourth-order valence-corrected chi connectivity index (χ4v) is 5.41. The Hall–Kier alpha value is -3.15. The number of carbonyl (C=O) groups excluding carboxylic acids is 3. The van der Waals surface area contributed by atoms with Crippen molar-refractivity contribution in [2.75, 3.05) is 13.2 Å². The Morgan fingerprint density at radius 2 is 0.792 bits per heavy atom. The zero-order valence-electron chi connectivity index (χ0n) is 34.3. The van der Waals surface area contributed by atoms with Gasteiger partial charge in [-0.1, -0.05) is 151 Å². The molecule has 0 heterocycles. The molecular formula is C47H78O6. The van der Waals surface area contributed by atoms with Crippen LogP contribution in [0, 0.1) is 0 Å². The van der Waals surface area contributed by atoms with Gasteiger partial charge in [0.15, 0.2) is 6.10 Å². The molecule has 0 fully saturated rings. The molecule has 0 aromatic heterocycles. The molecule has 0 rings (SSSR count). The second-order valence-electron chi connectivity index (χ2n) is 13.9. The number of carbonyl (C=O) groups is 3. The van der Waals surface area contributed by atoms with E-state index in [0.717, 1.165) is 122 Å². The summed E-state index contributed by atoms with van der Waals surface area (Å²) < 4.78 is 16.6. The van der Waals surface area contributed by atoms with E-state index in [1.165, 1.54) is 25.7 Å². The van der Waals surface area contributed by atoms with Gasteiger partial charge in [0.1, 0.15) is 13.2 Å². The van der Waals surface area contributed by atoms with Crippen molar-refractivity contribution >= 4 is 17.9 Å². The topological polar surface area (TPSA) is 78.9 Å². The number of ether oxygens (including phenoxy) is 3. The van der Waals surface area contributed by atoms with Crippen LogP contribution in [0.5, 0.6) is 0 Å². The zero-order chi connectivity index (χ0) is 38.7. The van der Waals surface area contributed by atoms with Crippen molar-refractivity contribution in [2.45, 2.75) is 194 Å². The Labute approximate surface area is 325 Å². The number of esters is 3. The lowest BCUT2D eigenvalue weighted by atomic mass is 10.1. The Morgan fingerprint density at radius 1 is 0.415 bits per heavy atom. The van der Waals surface area contributed by atoms with Crippen molar-refractivity contribution in [1.82, 2.24) is 0 Å². The summed E-state index contributed by atoms with van der Waals surface area (Å²) in [5.74, 6) is -0.975. The van der Waals surface area contributed by atoms with Crippen molar-refractivity contribution in [3.63, 3.8) is 0 Å². The highest BCUT2D eigenvalue weighted by molar-refractivity contribution is 5.71. The van der Waals surface area contributed by atoms with Crippen LogP contribution in [0.25, 0.3) is 0 Å². The first kappa shape index (κ1) is 49.9. The van der Waals surface area contributed by atoms with Crippen molar-refractivity contribution in [3.05, 3.63) is 72.9 Å². The molecule has 6 heteroatoms. The van der Waals surface area contributed by atoms with Crippen molar-refractivity contribution in [2.24, 2.45) is 0 Å². The standard InChI is InChI=1S/C47H78O6/c1-4-7-10-13-16-19-22-23-24-26-28-31-34-37-40-46(49)52-43-44(42-51-45(48)39-36-33-30-27-21-18-15-12-9-6-3)53-47(50)41-38-35-32-29-25-20-17-14-11-8-5-2/h7,10,14-20,23-25,44H,4-6,8-9,11-13,21-22,26-43H2,1-3H3/b10-7-,17-14-,18-15-,19-16-,24-23-,25-20-. The molecule has 0 aromatic rings. The van der Waals surface area contributed by atoms with Crippen LogP contribution in [0.1, 0.15) is 188 Å². The predicted molar refractivity (Wildman–Crippen MR) is 224 cm³/mol. The van der Waals surface area contributed by atoms with Gasteiger partial charge in [0.05, 0.1) is 0 Å². The van der Waals surface area contributed by atoms with E-state index < -0.39 is 6.10 Å². The highest BCUT2D eigenvalue weighted by Crippen LogP contribution is 2.11. The maximum absolute atomic E-state index is 12.7. The Kier molecular flexibility index (Phi) is 39.1. The summed E-state index contributed by atoms with van der Waals surface area (Å²) >= 11 is 0. The van der Waals surface area contributed by atoms with Gasteiger partial charge in [-0.3, -0.25) is 14.4 Å². The first-order chi connectivity index (χ1) is 26.0. The number of hydrogen-bond donors (Lipinski definition) is 0. The summed E-state index contributed by atoms with van der Waals surface area (Å²) in [7, 11) is 0. The minimum absolute atomic E-state index is 0.101. The third kappa shape index (κ3) is 39.9. The summed E-state index contributed by atoms with van der Waals surface area (Å²) in [6.45, 7) is 6.34. The molecule has 0 amide bonds. The summed E-state index contributed by atoms with van der Waals surface area (Å²) in [6.07, 6.45) is 50.3. The van der Waals surface area contributed by atoms with E-state index >= 15 is 0 Å². The SMILES string of the molecule is CC/C=C\C/C=C\C/C=C\CCCCCCC(=O)OCC(COC(=O)CCCCCC/C=C\CCCC)OC(=O)CCCCC/C=C\C=C/CCCC.